The third-order valence-electron chi connectivity index (χ3n) is 5.50. The Labute approximate surface area is 165 Å². The van der Waals surface area contributed by atoms with Crippen molar-refractivity contribution in [1.82, 2.24) is 24.6 Å². The molecule has 0 aromatic carbocycles. The summed E-state index contributed by atoms with van der Waals surface area (Å²) >= 11 is 0. The Hall–Kier alpha value is -2.45. The van der Waals surface area contributed by atoms with Gasteiger partial charge in [-0.25, -0.2) is 4.98 Å². The molecule has 0 saturated carbocycles. The SMILES string of the molecule is CCn1nc(CN2CCN(C(=O)c3ccc(OC)nc3)CC2)c2c1CCOC2. The fraction of sp³-hybridized carbons (Fsp3) is 0.550. The molecular weight excluding hydrogens is 358 g/mol. The molecular formula is C20H27N5O3. The Morgan fingerprint density at radius 2 is 2.07 bits per heavy atom. The first-order valence-electron chi connectivity index (χ1n) is 9.86. The lowest BCUT2D eigenvalue weighted by Gasteiger charge is -2.34. The minimum absolute atomic E-state index is 0.0239. The number of carbonyl (C=O) groups excluding carboxylic acids is 1. The number of piperazine rings is 1. The van der Waals surface area contributed by atoms with E-state index in [0.29, 0.717) is 31.1 Å². The second-order valence-electron chi connectivity index (χ2n) is 7.15. The van der Waals surface area contributed by atoms with Gasteiger partial charge in [0, 0.05) is 69.2 Å². The van der Waals surface area contributed by atoms with Gasteiger partial charge in [0.05, 0.1) is 31.6 Å². The zero-order valence-electron chi connectivity index (χ0n) is 16.6. The van der Waals surface area contributed by atoms with Gasteiger partial charge in [-0.15, -0.1) is 0 Å². The number of aryl methyl sites for hydroxylation is 1. The zero-order chi connectivity index (χ0) is 19.5. The average molecular weight is 385 g/mol. The molecule has 4 heterocycles. The second kappa shape index (κ2) is 8.28. The molecule has 0 N–H and O–H groups in total. The molecule has 4 rings (SSSR count). The highest BCUT2D eigenvalue weighted by Crippen LogP contribution is 2.23. The molecule has 1 amide bonds. The van der Waals surface area contributed by atoms with Crippen LogP contribution in [0.5, 0.6) is 5.88 Å². The van der Waals surface area contributed by atoms with Gasteiger partial charge in [0.25, 0.3) is 5.91 Å². The number of amides is 1. The monoisotopic (exact) mass is 385 g/mol. The summed E-state index contributed by atoms with van der Waals surface area (Å²) in [5.41, 5.74) is 4.30. The van der Waals surface area contributed by atoms with E-state index in [-0.39, 0.29) is 5.91 Å². The molecule has 8 nitrogen and oxygen atoms in total. The van der Waals surface area contributed by atoms with E-state index < -0.39 is 0 Å². The van der Waals surface area contributed by atoms with Crippen LogP contribution in [0.25, 0.3) is 0 Å². The predicted octanol–water partition coefficient (Wildman–Crippen LogP) is 1.34. The highest BCUT2D eigenvalue weighted by atomic mass is 16.5. The fourth-order valence-corrected chi connectivity index (χ4v) is 3.90. The number of hydrogen-bond donors (Lipinski definition) is 0. The number of aromatic nitrogens is 3. The topological polar surface area (TPSA) is 72.7 Å². The Balaban J connectivity index is 1.37. The number of rotatable bonds is 5. The summed E-state index contributed by atoms with van der Waals surface area (Å²) in [7, 11) is 1.57. The van der Waals surface area contributed by atoms with E-state index in [9.17, 15) is 4.79 Å². The first-order chi connectivity index (χ1) is 13.7. The molecule has 1 saturated heterocycles. The van der Waals surface area contributed by atoms with Crippen LogP contribution in [0.4, 0.5) is 0 Å². The lowest BCUT2D eigenvalue weighted by molar-refractivity contribution is 0.0624. The van der Waals surface area contributed by atoms with Gasteiger partial charge >= 0.3 is 0 Å². The van der Waals surface area contributed by atoms with Crippen LogP contribution in [0.3, 0.4) is 0 Å². The predicted molar refractivity (Wildman–Crippen MR) is 103 cm³/mol. The molecule has 0 spiro atoms. The maximum absolute atomic E-state index is 12.7. The van der Waals surface area contributed by atoms with Crippen molar-refractivity contribution in [2.24, 2.45) is 0 Å². The van der Waals surface area contributed by atoms with Crippen molar-refractivity contribution in [2.45, 2.75) is 33.0 Å². The van der Waals surface area contributed by atoms with E-state index >= 15 is 0 Å². The van der Waals surface area contributed by atoms with Crippen LogP contribution < -0.4 is 4.74 Å². The highest BCUT2D eigenvalue weighted by Gasteiger charge is 2.26. The Bertz CT molecular complexity index is 825. The molecule has 0 bridgehead atoms. The third kappa shape index (κ3) is 3.74. The van der Waals surface area contributed by atoms with Crippen molar-refractivity contribution in [1.29, 1.82) is 0 Å². The zero-order valence-corrected chi connectivity index (χ0v) is 16.6. The van der Waals surface area contributed by atoms with E-state index in [1.807, 2.05) is 4.90 Å². The van der Waals surface area contributed by atoms with Crippen LogP contribution in [-0.4, -0.2) is 70.4 Å². The molecule has 0 radical (unpaired) electrons. The molecule has 2 aliphatic rings. The lowest BCUT2D eigenvalue weighted by Crippen LogP contribution is -2.48. The molecule has 1 fully saturated rings. The average Bonchev–Trinajstić information content (AvgIpc) is 3.11. The molecule has 28 heavy (non-hydrogen) atoms. The van der Waals surface area contributed by atoms with Crippen LogP contribution in [0.2, 0.25) is 0 Å². The lowest BCUT2D eigenvalue weighted by atomic mass is 10.1. The van der Waals surface area contributed by atoms with Crippen molar-refractivity contribution in [3.8, 4) is 5.88 Å². The van der Waals surface area contributed by atoms with Crippen molar-refractivity contribution >= 4 is 5.91 Å². The minimum atomic E-state index is 0.0239. The summed E-state index contributed by atoms with van der Waals surface area (Å²) in [4.78, 5) is 21.1. The Morgan fingerprint density at radius 1 is 1.25 bits per heavy atom. The molecule has 8 heteroatoms. The Morgan fingerprint density at radius 3 is 2.75 bits per heavy atom. The number of methoxy groups -OCH3 is 1. The van der Waals surface area contributed by atoms with E-state index in [1.165, 1.54) is 11.3 Å². The molecule has 0 atom stereocenters. The van der Waals surface area contributed by atoms with E-state index in [2.05, 4.69) is 21.5 Å². The van der Waals surface area contributed by atoms with Crippen molar-refractivity contribution in [2.75, 3.05) is 39.9 Å². The smallest absolute Gasteiger partial charge is 0.255 e. The Kier molecular flexibility index (Phi) is 5.59. The van der Waals surface area contributed by atoms with E-state index in [1.54, 1.807) is 25.4 Å². The minimum Gasteiger partial charge on any atom is -0.481 e. The van der Waals surface area contributed by atoms with Crippen LogP contribution in [-0.2, 0) is 30.9 Å². The van der Waals surface area contributed by atoms with E-state index in [0.717, 1.165) is 44.9 Å². The normalized spacial score (nSPS) is 17.4. The first-order valence-corrected chi connectivity index (χ1v) is 9.86. The summed E-state index contributed by atoms with van der Waals surface area (Å²) in [6.45, 7) is 8.35. The summed E-state index contributed by atoms with van der Waals surface area (Å²) in [5.74, 6) is 0.538. The fourth-order valence-electron chi connectivity index (χ4n) is 3.90. The maximum Gasteiger partial charge on any atom is 0.255 e. The number of carbonyl (C=O) groups is 1. The summed E-state index contributed by atoms with van der Waals surface area (Å²) in [6, 6.07) is 3.49. The summed E-state index contributed by atoms with van der Waals surface area (Å²) in [6.07, 6.45) is 2.52. The van der Waals surface area contributed by atoms with Gasteiger partial charge in [0.1, 0.15) is 0 Å². The summed E-state index contributed by atoms with van der Waals surface area (Å²) < 4.78 is 12.8. The number of nitrogens with zero attached hydrogens (tertiary/aromatic N) is 5. The largest absolute Gasteiger partial charge is 0.481 e. The number of ether oxygens (including phenoxy) is 2. The standard InChI is InChI=1S/C20H27N5O3/c1-3-25-18-6-11-28-14-16(18)17(22-25)13-23-7-9-24(10-8-23)20(26)15-4-5-19(27-2)21-12-15/h4-5,12H,3,6-11,13-14H2,1-2H3. The van der Waals surface area contributed by atoms with Crippen molar-refractivity contribution < 1.29 is 14.3 Å². The van der Waals surface area contributed by atoms with Gasteiger partial charge in [-0.3, -0.25) is 14.4 Å². The number of fused-ring (bicyclic) bond motifs is 1. The number of hydrogen-bond acceptors (Lipinski definition) is 6. The van der Waals surface area contributed by atoms with Gasteiger partial charge in [0.15, 0.2) is 0 Å². The molecule has 0 unspecified atom stereocenters. The van der Waals surface area contributed by atoms with Crippen LogP contribution in [0, 0.1) is 0 Å². The molecule has 2 aliphatic heterocycles. The van der Waals surface area contributed by atoms with Gasteiger partial charge in [0.2, 0.25) is 5.88 Å². The van der Waals surface area contributed by atoms with Crippen LogP contribution in [0.1, 0.15) is 34.2 Å². The first kappa shape index (κ1) is 18.9. The van der Waals surface area contributed by atoms with Crippen molar-refractivity contribution in [3.63, 3.8) is 0 Å². The van der Waals surface area contributed by atoms with Crippen LogP contribution >= 0.6 is 0 Å². The van der Waals surface area contributed by atoms with Gasteiger partial charge in [-0.05, 0) is 13.0 Å². The second-order valence-corrected chi connectivity index (χ2v) is 7.15. The maximum atomic E-state index is 12.7. The van der Waals surface area contributed by atoms with Crippen LogP contribution in [0.15, 0.2) is 18.3 Å². The summed E-state index contributed by atoms with van der Waals surface area (Å²) in [5, 5.41) is 4.82. The molecule has 150 valence electrons. The molecule has 2 aromatic rings. The van der Waals surface area contributed by atoms with E-state index in [4.69, 9.17) is 14.6 Å². The number of pyridine rings is 1. The van der Waals surface area contributed by atoms with Gasteiger partial charge < -0.3 is 14.4 Å². The van der Waals surface area contributed by atoms with Gasteiger partial charge in [-0.1, -0.05) is 0 Å². The van der Waals surface area contributed by atoms with Crippen molar-refractivity contribution in [3.05, 3.63) is 40.8 Å². The third-order valence-corrected chi connectivity index (χ3v) is 5.50. The highest BCUT2D eigenvalue weighted by molar-refractivity contribution is 5.94. The van der Waals surface area contributed by atoms with Gasteiger partial charge in [-0.2, -0.15) is 5.10 Å². The quantitative estimate of drug-likeness (QED) is 0.773. The molecule has 0 aliphatic carbocycles. The molecule has 2 aromatic heterocycles.